The molecule has 5 rings (SSSR count). The number of ether oxygens (including phenoxy) is 2. The highest BCUT2D eigenvalue weighted by atomic mass is 32.2. The maximum Gasteiger partial charge on any atom is 0.148 e. The lowest BCUT2D eigenvalue weighted by Crippen LogP contribution is -2.30. The summed E-state index contributed by atoms with van der Waals surface area (Å²) < 4.78 is 13.9. The Balaban J connectivity index is 1.80. The van der Waals surface area contributed by atoms with Gasteiger partial charge in [-0.1, -0.05) is 0 Å². The highest BCUT2D eigenvalue weighted by molar-refractivity contribution is 7.98. The predicted octanol–water partition coefficient (Wildman–Crippen LogP) is 5.49. The largest absolute Gasteiger partial charge is 0.496 e. The van der Waals surface area contributed by atoms with Crippen molar-refractivity contribution in [3.05, 3.63) is 35.5 Å². The van der Waals surface area contributed by atoms with E-state index in [1.165, 1.54) is 37.2 Å². The van der Waals surface area contributed by atoms with Crippen LogP contribution in [0.25, 0.3) is 16.8 Å². The second-order valence-electron chi connectivity index (χ2n) is 8.41. The molecule has 0 atom stereocenters. The van der Waals surface area contributed by atoms with Crippen molar-refractivity contribution in [2.24, 2.45) is 0 Å². The molecule has 0 bridgehead atoms. The highest BCUT2D eigenvalue weighted by Crippen LogP contribution is 2.47. The molecule has 1 aromatic carbocycles. The number of aromatic nitrogens is 2. The minimum absolute atomic E-state index is 0.662. The van der Waals surface area contributed by atoms with Gasteiger partial charge < -0.3 is 14.4 Å². The number of hydrogen-bond donors (Lipinski definition) is 0. The Labute approximate surface area is 182 Å². The fourth-order valence-electron chi connectivity index (χ4n) is 4.48. The standard InChI is InChI=1S/C24H29N3O2S/c1-14-12-19(28-3)21(20(13-14)29-4)18-11-6-15(2)26-22(18)25-23(30-5)24(26)27(16-7-8-16)17-9-10-17/h6,11-13,16-17H,7-10H2,1-5H3. The van der Waals surface area contributed by atoms with E-state index < -0.39 is 0 Å². The number of nitrogens with zero attached hydrogens (tertiary/aromatic N) is 3. The Morgan fingerprint density at radius 1 is 1.00 bits per heavy atom. The van der Waals surface area contributed by atoms with Crippen LogP contribution in [0, 0.1) is 13.8 Å². The predicted molar refractivity (Wildman–Crippen MR) is 124 cm³/mol. The fourth-order valence-corrected chi connectivity index (χ4v) is 5.03. The zero-order valence-corrected chi connectivity index (χ0v) is 19.2. The van der Waals surface area contributed by atoms with Gasteiger partial charge in [0.05, 0.1) is 19.8 Å². The van der Waals surface area contributed by atoms with Gasteiger partial charge in [-0.2, -0.15) is 0 Å². The first-order valence-corrected chi connectivity index (χ1v) is 11.9. The van der Waals surface area contributed by atoms with Gasteiger partial charge >= 0.3 is 0 Å². The van der Waals surface area contributed by atoms with Gasteiger partial charge in [0.1, 0.15) is 28.0 Å². The summed E-state index contributed by atoms with van der Waals surface area (Å²) in [4.78, 5) is 7.81. The zero-order valence-electron chi connectivity index (χ0n) is 18.4. The summed E-state index contributed by atoms with van der Waals surface area (Å²) >= 11 is 1.74. The summed E-state index contributed by atoms with van der Waals surface area (Å²) in [5.74, 6) is 2.90. The summed E-state index contributed by atoms with van der Waals surface area (Å²) in [6, 6.07) is 9.79. The average molecular weight is 424 g/mol. The van der Waals surface area contributed by atoms with E-state index in [4.69, 9.17) is 14.5 Å². The normalized spacial score (nSPS) is 16.2. The van der Waals surface area contributed by atoms with Gasteiger partial charge in [0.15, 0.2) is 0 Å². The van der Waals surface area contributed by atoms with Gasteiger partial charge in [-0.3, -0.25) is 4.40 Å². The third kappa shape index (κ3) is 3.13. The molecule has 2 aliphatic rings. The minimum Gasteiger partial charge on any atom is -0.496 e. The maximum absolute atomic E-state index is 5.78. The monoisotopic (exact) mass is 423 g/mol. The number of methoxy groups -OCH3 is 2. The topological polar surface area (TPSA) is 39.0 Å². The molecule has 0 N–H and O–H groups in total. The van der Waals surface area contributed by atoms with Crippen molar-refractivity contribution >= 4 is 23.2 Å². The molecular weight excluding hydrogens is 394 g/mol. The lowest BCUT2D eigenvalue weighted by Gasteiger charge is -2.25. The number of anilines is 1. The van der Waals surface area contributed by atoms with Crippen molar-refractivity contribution in [2.75, 3.05) is 25.4 Å². The molecule has 30 heavy (non-hydrogen) atoms. The summed E-state index contributed by atoms with van der Waals surface area (Å²) in [6.07, 6.45) is 7.28. The molecule has 158 valence electrons. The van der Waals surface area contributed by atoms with Crippen LogP contribution >= 0.6 is 11.8 Å². The third-order valence-corrected chi connectivity index (χ3v) is 6.81. The van der Waals surface area contributed by atoms with Gasteiger partial charge in [-0.15, -0.1) is 11.8 Å². The van der Waals surface area contributed by atoms with Crippen LogP contribution in [0.15, 0.2) is 29.3 Å². The number of pyridine rings is 1. The van der Waals surface area contributed by atoms with E-state index in [9.17, 15) is 0 Å². The zero-order chi connectivity index (χ0) is 21.0. The van der Waals surface area contributed by atoms with E-state index in [1.54, 1.807) is 26.0 Å². The first-order valence-electron chi connectivity index (χ1n) is 10.6. The minimum atomic E-state index is 0.662. The van der Waals surface area contributed by atoms with Crippen molar-refractivity contribution in [3.8, 4) is 22.6 Å². The molecule has 2 aromatic heterocycles. The molecular formula is C24H29N3O2S. The van der Waals surface area contributed by atoms with Crippen LogP contribution < -0.4 is 14.4 Å². The number of thioether (sulfide) groups is 1. The summed E-state index contributed by atoms with van der Waals surface area (Å²) in [7, 11) is 3.44. The van der Waals surface area contributed by atoms with Crippen LogP contribution in [-0.4, -0.2) is 41.9 Å². The van der Waals surface area contributed by atoms with Crippen LogP contribution in [0.4, 0.5) is 5.82 Å². The van der Waals surface area contributed by atoms with Crippen LogP contribution in [-0.2, 0) is 0 Å². The Hall–Kier alpha value is -2.34. The fraction of sp³-hybridized carbons (Fsp3) is 0.458. The summed E-state index contributed by atoms with van der Waals surface area (Å²) in [6.45, 7) is 4.23. The van der Waals surface area contributed by atoms with E-state index in [2.05, 4.69) is 53.7 Å². The van der Waals surface area contributed by atoms with Crippen molar-refractivity contribution in [1.29, 1.82) is 0 Å². The number of imidazole rings is 1. The molecule has 0 radical (unpaired) electrons. The molecule has 0 saturated heterocycles. The van der Waals surface area contributed by atoms with Crippen LogP contribution in [0.1, 0.15) is 36.9 Å². The molecule has 3 aromatic rings. The number of benzene rings is 1. The van der Waals surface area contributed by atoms with Crippen LogP contribution in [0.5, 0.6) is 11.5 Å². The van der Waals surface area contributed by atoms with Gasteiger partial charge in [0.2, 0.25) is 0 Å². The van der Waals surface area contributed by atoms with Crippen LogP contribution in [0.3, 0.4) is 0 Å². The smallest absolute Gasteiger partial charge is 0.148 e. The van der Waals surface area contributed by atoms with Crippen molar-refractivity contribution in [3.63, 3.8) is 0 Å². The van der Waals surface area contributed by atoms with Crippen LogP contribution in [0.2, 0.25) is 0 Å². The lowest BCUT2D eigenvalue weighted by molar-refractivity contribution is 0.397. The van der Waals surface area contributed by atoms with E-state index in [-0.39, 0.29) is 0 Å². The van der Waals surface area contributed by atoms with Gasteiger partial charge in [0.25, 0.3) is 0 Å². The molecule has 2 saturated carbocycles. The first-order chi connectivity index (χ1) is 14.6. The number of aryl methyl sites for hydroxylation is 2. The van der Waals surface area contributed by atoms with Crippen molar-refractivity contribution < 1.29 is 9.47 Å². The highest BCUT2D eigenvalue weighted by Gasteiger charge is 2.42. The second-order valence-corrected chi connectivity index (χ2v) is 9.20. The van der Waals surface area contributed by atoms with Gasteiger partial charge in [0, 0.05) is 23.3 Å². The van der Waals surface area contributed by atoms with E-state index in [0.717, 1.165) is 38.9 Å². The molecule has 6 heteroatoms. The van der Waals surface area contributed by atoms with E-state index in [0.29, 0.717) is 12.1 Å². The van der Waals surface area contributed by atoms with Gasteiger partial charge in [-0.05, 0) is 75.6 Å². The molecule has 2 heterocycles. The molecule has 0 aliphatic heterocycles. The average Bonchev–Trinajstić information content (AvgIpc) is 3.67. The molecule has 0 unspecified atom stereocenters. The Bertz CT molecular complexity index is 1080. The van der Waals surface area contributed by atoms with E-state index in [1.807, 2.05) is 0 Å². The molecule has 0 spiro atoms. The Kier molecular flexibility index (Phi) is 4.85. The number of fused-ring (bicyclic) bond motifs is 1. The Morgan fingerprint density at radius 2 is 1.60 bits per heavy atom. The lowest BCUT2D eigenvalue weighted by atomic mass is 10.0. The quantitative estimate of drug-likeness (QED) is 0.470. The summed E-state index contributed by atoms with van der Waals surface area (Å²) in [5, 5.41) is 1.11. The third-order valence-electron chi connectivity index (χ3n) is 6.15. The number of rotatable bonds is 7. The van der Waals surface area contributed by atoms with E-state index >= 15 is 0 Å². The molecule has 5 nitrogen and oxygen atoms in total. The van der Waals surface area contributed by atoms with Gasteiger partial charge in [-0.25, -0.2) is 4.98 Å². The first kappa shape index (κ1) is 19.6. The maximum atomic E-state index is 5.78. The molecule has 2 fully saturated rings. The SMILES string of the molecule is COc1cc(C)cc(OC)c1-c1ccc(C)n2c(N(C3CC3)C3CC3)c(SC)nc12. The van der Waals surface area contributed by atoms with Crippen molar-refractivity contribution in [2.45, 2.75) is 56.6 Å². The second kappa shape index (κ2) is 7.41. The molecule has 0 amide bonds. The number of hydrogen-bond acceptors (Lipinski definition) is 5. The molecule has 2 aliphatic carbocycles. The summed E-state index contributed by atoms with van der Waals surface area (Å²) in [5.41, 5.74) is 5.29. The Morgan fingerprint density at radius 3 is 2.10 bits per heavy atom. The van der Waals surface area contributed by atoms with Crippen molar-refractivity contribution in [1.82, 2.24) is 9.38 Å².